The third-order valence-corrected chi connectivity index (χ3v) is 6.83. The number of aliphatic hydroxyl groups excluding tert-OH is 1. The van der Waals surface area contributed by atoms with Gasteiger partial charge in [-0.3, -0.25) is 9.88 Å². The molecular weight excluding hydrogens is 432 g/mol. The van der Waals surface area contributed by atoms with Gasteiger partial charge in [0.1, 0.15) is 18.2 Å². The van der Waals surface area contributed by atoms with Gasteiger partial charge >= 0.3 is 0 Å². The van der Waals surface area contributed by atoms with Crippen molar-refractivity contribution in [1.29, 1.82) is 0 Å². The van der Waals surface area contributed by atoms with E-state index >= 15 is 0 Å². The Morgan fingerprint density at radius 2 is 2.09 bits per heavy atom. The number of aliphatic hydroxyl groups is 1. The largest absolute Gasteiger partial charge is 0.380 e. The van der Waals surface area contributed by atoms with E-state index < -0.39 is 6.23 Å². The second-order valence-electron chi connectivity index (χ2n) is 8.90. The second-order valence-corrected chi connectivity index (χ2v) is 8.90. The fourth-order valence-corrected chi connectivity index (χ4v) is 5.17. The normalized spacial score (nSPS) is 18.6. The molecule has 1 aromatic carbocycles. The second kappa shape index (κ2) is 9.65. The summed E-state index contributed by atoms with van der Waals surface area (Å²) in [7, 11) is 3.37. The summed E-state index contributed by atoms with van der Waals surface area (Å²) in [5.41, 5.74) is 3.43. The molecule has 1 aliphatic carbocycles. The number of methoxy groups -OCH3 is 1. The molecule has 3 aromatic rings. The molecule has 180 valence electrons. The lowest BCUT2D eigenvalue weighted by atomic mass is 10.0. The number of aromatic nitrogens is 5. The lowest BCUT2D eigenvalue weighted by Crippen LogP contribution is -2.42. The monoisotopic (exact) mass is 464 g/mol. The van der Waals surface area contributed by atoms with Crippen LogP contribution in [-0.2, 0) is 11.3 Å². The summed E-state index contributed by atoms with van der Waals surface area (Å²) in [6.07, 6.45) is 8.57. The van der Waals surface area contributed by atoms with Gasteiger partial charge in [0, 0.05) is 24.4 Å². The Hall–Kier alpha value is -3.08. The van der Waals surface area contributed by atoms with Crippen molar-refractivity contribution in [1.82, 2.24) is 30.0 Å². The zero-order chi connectivity index (χ0) is 23.7. The van der Waals surface area contributed by atoms with Crippen LogP contribution in [0.15, 0.2) is 30.7 Å². The molecule has 0 saturated heterocycles. The van der Waals surface area contributed by atoms with E-state index in [0.717, 1.165) is 53.4 Å². The minimum Gasteiger partial charge on any atom is -0.380 e. The van der Waals surface area contributed by atoms with E-state index in [4.69, 9.17) is 9.72 Å². The van der Waals surface area contributed by atoms with Gasteiger partial charge in [-0.1, -0.05) is 25.8 Å². The molecule has 0 spiro atoms. The number of nitrogens with one attached hydrogen (secondary N) is 2. The average molecular weight is 465 g/mol. The predicted octanol–water partition coefficient (Wildman–Crippen LogP) is 3.37. The van der Waals surface area contributed by atoms with E-state index in [1.807, 2.05) is 29.0 Å². The minimum absolute atomic E-state index is 0.132. The highest BCUT2D eigenvalue weighted by atomic mass is 16.5. The minimum atomic E-state index is -0.742. The van der Waals surface area contributed by atoms with Gasteiger partial charge in [-0.15, -0.1) is 10.2 Å². The molecule has 0 amide bonds. The van der Waals surface area contributed by atoms with Crippen LogP contribution in [0.25, 0.3) is 5.69 Å². The molecule has 2 atom stereocenters. The SMILES string of the molecule is CC[C@@H]1c2nncn2-c2cnc(Nc3ccc(C(O)NC)cc3COC)nc2N1C1CCCC1. The smallest absolute Gasteiger partial charge is 0.229 e. The summed E-state index contributed by atoms with van der Waals surface area (Å²) < 4.78 is 7.42. The third kappa shape index (κ3) is 4.02. The van der Waals surface area contributed by atoms with Crippen molar-refractivity contribution in [3.05, 3.63) is 47.7 Å². The van der Waals surface area contributed by atoms with Gasteiger partial charge in [-0.2, -0.15) is 4.98 Å². The van der Waals surface area contributed by atoms with E-state index in [-0.39, 0.29) is 6.04 Å². The van der Waals surface area contributed by atoms with Crippen LogP contribution in [0.5, 0.6) is 0 Å². The Morgan fingerprint density at radius 1 is 1.26 bits per heavy atom. The number of benzene rings is 1. The van der Waals surface area contributed by atoms with Crippen LogP contribution in [0.1, 0.15) is 68.2 Å². The summed E-state index contributed by atoms with van der Waals surface area (Å²) in [6, 6.07) is 6.29. The number of fused-ring (bicyclic) bond motifs is 3. The summed E-state index contributed by atoms with van der Waals surface area (Å²) >= 11 is 0. The van der Waals surface area contributed by atoms with Crippen LogP contribution < -0.4 is 15.5 Å². The molecule has 2 aromatic heterocycles. The Balaban J connectivity index is 1.53. The molecule has 3 N–H and O–H groups in total. The Kier molecular flexibility index (Phi) is 6.44. The predicted molar refractivity (Wildman–Crippen MR) is 129 cm³/mol. The number of anilines is 3. The highest BCUT2D eigenvalue weighted by Gasteiger charge is 2.38. The number of rotatable bonds is 8. The zero-order valence-electron chi connectivity index (χ0n) is 19.9. The molecule has 10 nitrogen and oxygen atoms in total. The molecule has 5 rings (SSSR count). The van der Waals surface area contributed by atoms with Gasteiger partial charge in [0.25, 0.3) is 0 Å². The number of hydrogen-bond donors (Lipinski definition) is 3. The van der Waals surface area contributed by atoms with Gasteiger partial charge in [0.2, 0.25) is 5.95 Å². The Morgan fingerprint density at radius 3 is 2.82 bits per heavy atom. The fourth-order valence-electron chi connectivity index (χ4n) is 5.17. The summed E-state index contributed by atoms with van der Waals surface area (Å²) in [4.78, 5) is 12.1. The molecule has 0 radical (unpaired) electrons. The van der Waals surface area contributed by atoms with Crippen molar-refractivity contribution < 1.29 is 9.84 Å². The Labute approximate surface area is 199 Å². The van der Waals surface area contributed by atoms with E-state index in [1.54, 1.807) is 20.5 Å². The van der Waals surface area contributed by atoms with E-state index in [2.05, 4.69) is 37.6 Å². The first-order valence-electron chi connectivity index (χ1n) is 11.9. The van der Waals surface area contributed by atoms with Gasteiger partial charge < -0.3 is 20.1 Å². The van der Waals surface area contributed by atoms with Crippen molar-refractivity contribution in [2.24, 2.45) is 0 Å². The summed E-state index contributed by atoms with van der Waals surface area (Å²) in [5, 5.41) is 25.0. The number of ether oxygens (including phenoxy) is 1. The van der Waals surface area contributed by atoms with Gasteiger partial charge in [-0.25, -0.2) is 4.98 Å². The van der Waals surface area contributed by atoms with Crippen molar-refractivity contribution in [3.8, 4) is 5.69 Å². The van der Waals surface area contributed by atoms with E-state index in [1.165, 1.54) is 12.8 Å². The fraction of sp³-hybridized carbons (Fsp3) is 0.500. The third-order valence-electron chi connectivity index (χ3n) is 6.83. The molecule has 34 heavy (non-hydrogen) atoms. The lowest BCUT2D eigenvalue weighted by molar-refractivity contribution is 0.148. The average Bonchev–Trinajstić information content (AvgIpc) is 3.56. The van der Waals surface area contributed by atoms with Crippen LogP contribution in [0.4, 0.5) is 17.5 Å². The number of hydrogen-bond acceptors (Lipinski definition) is 9. The van der Waals surface area contributed by atoms with Crippen LogP contribution in [0.3, 0.4) is 0 Å². The topological polar surface area (TPSA) is 113 Å². The van der Waals surface area contributed by atoms with Gasteiger partial charge in [-0.05, 0) is 44.0 Å². The van der Waals surface area contributed by atoms with E-state index in [0.29, 0.717) is 18.6 Å². The van der Waals surface area contributed by atoms with Gasteiger partial charge in [0.05, 0.1) is 18.8 Å². The standard InChI is InChI=1S/C24H32N8O2/c1-4-19-22-30-27-14-31(22)20-12-26-24(29-21(20)32(19)17-7-5-6-8-17)28-18-10-9-15(23(33)25-2)11-16(18)13-34-3/h9-12,14,17,19,23,25,33H,4-8,13H2,1-3H3,(H,26,28,29)/t19-,23?/m1/s1. The first-order valence-corrected chi connectivity index (χ1v) is 11.9. The molecule has 1 unspecified atom stereocenters. The number of nitrogens with zero attached hydrogens (tertiary/aromatic N) is 6. The molecule has 1 saturated carbocycles. The maximum Gasteiger partial charge on any atom is 0.229 e. The molecule has 1 aliphatic heterocycles. The highest BCUT2D eigenvalue weighted by Crippen LogP contribution is 2.42. The maximum absolute atomic E-state index is 10.2. The molecule has 2 aliphatic rings. The Bertz CT molecular complexity index is 1140. The van der Waals surface area contributed by atoms with Crippen molar-refractivity contribution in [2.75, 3.05) is 24.4 Å². The van der Waals surface area contributed by atoms with Crippen molar-refractivity contribution in [2.45, 2.75) is 63.9 Å². The maximum atomic E-state index is 10.2. The van der Waals surface area contributed by atoms with Crippen LogP contribution in [0.2, 0.25) is 0 Å². The molecule has 1 fully saturated rings. The van der Waals surface area contributed by atoms with Crippen LogP contribution >= 0.6 is 0 Å². The van der Waals surface area contributed by atoms with Crippen LogP contribution in [0, 0.1) is 0 Å². The first-order chi connectivity index (χ1) is 16.6. The summed E-state index contributed by atoms with van der Waals surface area (Å²) in [5.74, 6) is 2.39. The zero-order valence-corrected chi connectivity index (χ0v) is 19.9. The van der Waals surface area contributed by atoms with Crippen molar-refractivity contribution in [3.63, 3.8) is 0 Å². The molecule has 3 heterocycles. The molecule has 10 heteroatoms. The molecule has 0 bridgehead atoms. The van der Waals surface area contributed by atoms with Crippen molar-refractivity contribution >= 4 is 17.5 Å². The highest BCUT2D eigenvalue weighted by molar-refractivity contribution is 5.66. The van der Waals surface area contributed by atoms with E-state index in [9.17, 15) is 5.11 Å². The van der Waals surface area contributed by atoms with Crippen LogP contribution in [-0.4, -0.2) is 50.0 Å². The van der Waals surface area contributed by atoms with Gasteiger partial charge in [0.15, 0.2) is 11.6 Å². The summed E-state index contributed by atoms with van der Waals surface area (Å²) in [6.45, 7) is 2.59. The first kappa shape index (κ1) is 22.7. The quantitative estimate of drug-likeness (QED) is 0.432. The lowest BCUT2D eigenvalue weighted by Gasteiger charge is -2.40. The molecular formula is C24H32N8O2.